The number of anilines is 3. The molecule has 0 spiro atoms. The number of fused-ring (bicyclic) bond motifs is 4. The van der Waals surface area contributed by atoms with Crippen LogP contribution >= 0.6 is 0 Å². The molecule has 0 bridgehead atoms. The lowest BCUT2D eigenvalue weighted by molar-refractivity contribution is 0.614. The fraction of sp³-hybridized carbons (Fsp3) is 0. The largest absolute Gasteiger partial charge is 0.453 e. The van der Waals surface area contributed by atoms with Gasteiger partial charge in [0.05, 0.1) is 0 Å². The molecule has 0 saturated heterocycles. The van der Waals surface area contributed by atoms with E-state index < -0.39 is 0 Å². The van der Waals surface area contributed by atoms with Crippen LogP contribution in [0.4, 0.5) is 17.1 Å². The summed E-state index contributed by atoms with van der Waals surface area (Å²) in [6.07, 6.45) is 0. The van der Waals surface area contributed by atoms with Crippen molar-refractivity contribution < 1.29 is 4.42 Å². The van der Waals surface area contributed by atoms with Gasteiger partial charge in [-0.15, -0.1) is 0 Å². The average Bonchev–Trinajstić information content (AvgIpc) is 2.98. The third kappa shape index (κ3) is 3.80. The van der Waals surface area contributed by atoms with Crippen molar-refractivity contribution in [2.75, 3.05) is 4.90 Å². The summed E-state index contributed by atoms with van der Waals surface area (Å²) in [6, 6.07) is 44.3. The van der Waals surface area contributed by atoms with E-state index in [2.05, 4.69) is 83.8 Å². The van der Waals surface area contributed by atoms with Crippen LogP contribution in [0.5, 0.6) is 0 Å². The smallest absolute Gasteiger partial charge is 0.190 e. The highest BCUT2D eigenvalue weighted by molar-refractivity contribution is 5.96. The van der Waals surface area contributed by atoms with Crippen LogP contribution in [0.2, 0.25) is 0 Å². The van der Waals surface area contributed by atoms with Gasteiger partial charge in [-0.3, -0.25) is 4.79 Å². The zero-order valence-corrected chi connectivity index (χ0v) is 20.4. The van der Waals surface area contributed by atoms with E-state index in [1.165, 1.54) is 6.07 Å². The van der Waals surface area contributed by atoms with Crippen molar-refractivity contribution in [3.8, 4) is 22.6 Å². The molecule has 180 valence electrons. The Kier molecular flexibility index (Phi) is 5.22. The van der Waals surface area contributed by atoms with E-state index in [4.69, 9.17) is 9.40 Å². The minimum Gasteiger partial charge on any atom is -0.453 e. The Hall–Kier alpha value is -5.22. The summed E-state index contributed by atoms with van der Waals surface area (Å²) >= 11 is 0. The molecule has 38 heavy (non-hydrogen) atoms. The van der Waals surface area contributed by atoms with Gasteiger partial charge in [-0.25, -0.2) is 4.98 Å². The van der Waals surface area contributed by atoms with Crippen LogP contribution in [0.1, 0.15) is 0 Å². The van der Waals surface area contributed by atoms with Crippen molar-refractivity contribution in [2.24, 2.45) is 0 Å². The number of benzene rings is 6. The second-order valence-electron chi connectivity index (χ2n) is 9.22. The fourth-order valence-corrected chi connectivity index (χ4v) is 5.01. The lowest BCUT2D eigenvalue weighted by atomic mass is 10.0. The van der Waals surface area contributed by atoms with Gasteiger partial charge in [0.15, 0.2) is 16.8 Å². The maximum Gasteiger partial charge on any atom is 0.190 e. The van der Waals surface area contributed by atoms with E-state index in [-0.39, 0.29) is 5.43 Å². The van der Waals surface area contributed by atoms with Crippen LogP contribution < -0.4 is 10.3 Å². The van der Waals surface area contributed by atoms with Crippen molar-refractivity contribution >= 4 is 38.9 Å². The molecule has 0 amide bonds. The van der Waals surface area contributed by atoms with Crippen LogP contribution in [-0.4, -0.2) is 4.98 Å². The Morgan fingerprint density at radius 3 is 1.82 bits per heavy atom. The molecule has 0 N–H and O–H groups in total. The van der Waals surface area contributed by atoms with Crippen LogP contribution in [0, 0.1) is 0 Å². The third-order valence-electron chi connectivity index (χ3n) is 6.84. The van der Waals surface area contributed by atoms with Gasteiger partial charge in [0.25, 0.3) is 0 Å². The first-order valence-corrected chi connectivity index (χ1v) is 12.5. The van der Waals surface area contributed by atoms with Crippen molar-refractivity contribution in [2.45, 2.75) is 0 Å². The zero-order chi connectivity index (χ0) is 25.5. The predicted octanol–water partition coefficient (Wildman–Crippen LogP) is 8.58. The SMILES string of the molecule is O=c1cc2oc3cc(-c4ccc(N(c5ccccc5)c5ccccc5)cc4)ccc3nc-2c2ccccc12. The number of nitrogens with zero attached hydrogens (tertiary/aromatic N) is 2. The van der Waals surface area contributed by atoms with Gasteiger partial charge in [0.1, 0.15) is 11.2 Å². The highest BCUT2D eigenvalue weighted by Gasteiger charge is 2.16. The van der Waals surface area contributed by atoms with E-state index in [1.54, 1.807) is 0 Å². The maximum atomic E-state index is 12.6. The first-order chi connectivity index (χ1) is 18.7. The van der Waals surface area contributed by atoms with Crippen LogP contribution in [-0.2, 0) is 0 Å². The maximum absolute atomic E-state index is 12.6. The van der Waals surface area contributed by atoms with E-state index >= 15 is 0 Å². The molecule has 0 saturated carbocycles. The first kappa shape index (κ1) is 22.0. The molecule has 4 nitrogen and oxygen atoms in total. The van der Waals surface area contributed by atoms with Crippen molar-refractivity contribution in [1.29, 1.82) is 0 Å². The minimum atomic E-state index is -0.0638. The summed E-state index contributed by atoms with van der Waals surface area (Å²) in [4.78, 5) is 19.7. The normalized spacial score (nSPS) is 11.3. The monoisotopic (exact) mass is 490 g/mol. The third-order valence-corrected chi connectivity index (χ3v) is 6.84. The van der Waals surface area contributed by atoms with Gasteiger partial charge in [-0.05, 0) is 59.7 Å². The van der Waals surface area contributed by atoms with Gasteiger partial charge in [-0.1, -0.05) is 78.9 Å². The Balaban J connectivity index is 1.29. The minimum absolute atomic E-state index is 0.0638. The standard InChI is InChI=1S/C34H22N2O2/c37-31-22-33-34(29-14-8-7-13-28(29)31)35-30-20-17-24(21-32(30)38-33)23-15-18-27(19-16-23)36(25-9-3-1-4-10-25)26-11-5-2-6-12-26/h1-22H. The summed E-state index contributed by atoms with van der Waals surface area (Å²) < 4.78 is 6.20. The molecule has 0 atom stereocenters. The number of hydrogen-bond acceptors (Lipinski definition) is 4. The molecule has 2 aliphatic rings. The Morgan fingerprint density at radius 1 is 0.553 bits per heavy atom. The number of aromatic nitrogens is 1. The molecule has 0 unspecified atom stereocenters. The van der Waals surface area contributed by atoms with E-state index in [1.807, 2.05) is 48.5 Å². The van der Waals surface area contributed by atoms with Gasteiger partial charge in [0.2, 0.25) is 0 Å². The van der Waals surface area contributed by atoms with Crippen LogP contribution in [0.3, 0.4) is 0 Å². The number of hydrogen-bond donors (Lipinski definition) is 0. The quantitative estimate of drug-likeness (QED) is 0.183. The highest BCUT2D eigenvalue weighted by Crippen LogP contribution is 2.36. The summed E-state index contributed by atoms with van der Waals surface area (Å²) in [7, 11) is 0. The van der Waals surface area contributed by atoms with Crippen LogP contribution in [0.25, 0.3) is 44.5 Å². The Morgan fingerprint density at radius 2 is 1.13 bits per heavy atom. The molecule has 5 aromatic rings. The van der Waals surface area contributed by atoms with Gasteiger partial charge < -0.3 is 9.32 Å². The Bertz CT molecular complexity index is 1890. The molecule has 0 radical (unpaired) electrons. The molecule has 0 fully saturated rings. The fourth-order valence-electron chi connectivity index (χ4n) is 5.01. The van der Waals surface area contributed by atoms with Gasteiger partial charge >= 0.3 is 0 Å². The first-order valence-electron chi connectivity index (χ1n) is 12.5. The van der Waals surface area contributed by atoms with Gasteiger partial charge in [-0.2, -0.15) is 0 Å². The number of para-hydroxylation sites is 2. The zero-order valence-electron chi connectivity index (χ0n) is 20.4. The molecule has 7 rings (SSSR count). The molecule has 1 heterocycles. The summed E-state index contributed by atoms with van der Waals surface area (Å²) in [5.41, 5.74) is 7.37. The summed E-state index contributed by atoms with van der Waals surface area (Å²) in [5, 5.41) is 1.46. The van der Waals surface area contributed by atoms with E-state index in [9.17, 15) is 4.79 Å². The van der Waals surface area contributed by atoms with Crippen molar-refractivity contribution in [3.05, 3.63) is 144 Å². The number of rotatable bonds is 4. The molecule has 1 aliphatic heterocycles. The van der Waals surface area contributed by atoms with E-state index in [0.717, 1.165) is 39.1 Å². The second-order valence-corrected chi connectivity index (χ2v) is 9.22. The van der Waals surface area contributed by atoms with Gasteiger partial charge in [0, 0.05) is 33.9 Å². The molecular weight excluding hydrogens is 468 g/mol. The second kappa shape index (κ2) is 9.02. The van der Waals surface area contributed by atoms with Crippen molar-refractivity contribution in [3.63, 3.8) is 0 Å². The Labute approximate surface area is 219 Å². The highest BCUT2D eigenvalue weighted by atomic mass is 16.3. The lowest BCUT2D eigenvalue weighted by Gasteiger charge is -2.25. The van der Waals surface area contributed by atoms with E-state index in [0.29, 0.717) is 22.4 Å². The molecule has 5 aromatic carbocycles. The summed E-state index contributed by atoms with van der Waals surface area (Å²) in [5.74, 6) is 0.495. The van der Waals surface area contributed by atoms with Crippen LogP contribution in [0.15, 0.2) is 143 Å². The van der Waals surface area contributed by atoms with Crippen molar-refractivity contribution in [1.82, 2.24) is 4.98 Å². The lowest BCUT2D eigenvalue weighted by Crippen LogP contribution is -2.09. The topological polar surface area (TPSA) is 46.3 Å². The molecule has 4 heteroatoms. The summed E-state index contributed by atoms with van der Waals surface area (Å²) in [6.45, 7) is 0. The average molecular weight is 491 g/mol. The molecule has 0 aromatic heterocycles. The molecular formula is C34H22N2O2. The molecule has 1 aliphatic carbocycles. The predicted molar refractivity (Wildman–Crippen MR) is 155 cm³/mol.